The monoisotopic (exact) mass is 652 g/mol. The fourth-order valence-electron chi connectivity index (χ4n) is 3.48. The van der Waals surface area contributed by atoms with E-state index in [1.165, 1.54) is 42.5 Å². The van der Waals surface area contributed by atoms with E-state index in [-0.39, 0.29) is 45.4 Å². The van der Waals surface area contributed by atoms with Gasteiger partial charge in [0.1, 0.15) is 16.4 Å². The van der Waals surface area contributed by atoms with Gasteiger partial charge in [0.05, 0.1) is 21.2 Å². The average molecular weight is 653 g/mol. The lowest BCUT2D eigenvalue weighted by Gasteiger charge is -2.40. The topological polar surface area (TPSA) is 84.5 Å². The molecule has 4 aromatic rings. The number of ether oxygens (including phenoxy) is 1. The van der Waals surface area contributed by atoms with Crippen LogP contribution < -0.4 is 14.8 Å². The van der Waals surface area contributed by atoms with Crippen LogP contribution in [0.25, 0.3) is 0 Å². The quantitative estimate of drug-likeness (QED) is 0.177. The number of hydrogen-bond donors (Lipinski definition) is 2. The highest BCUT2D eigenvalue weighted by atomic mass is 35.5. The maximum absolute atomic E-state index is 13.0. The zero-order valence-electron chi connectivity index (χ0n) is 20.5. The van der Waals surface area contributed by atoms with Crippen molar-refractivity contribution >= 4 is 55.0 Å². The summed E-state index contributed by atoms with van der Waals surface area (Å²) in [7, 11) is -14.0. The number of benzene rings is 4. The SMILES string of the molecule is O=C(NCc1ccc(S(F)(F)(F)(F)F)cc1)c1cc(Cl)ccc1NS(=O)(=O)c1ccc(Oc2ccccc2Cl)cc1. The minimum atomic E-state index is -9.83. The predicted molar refractivity (Wildman–Crippen MR) is 149 cm³/mol. The number of halogens is 7. The van der Waals surface area contributed by atoms with Crippen LogP contribution in [0.3, 0.4) is 0 Å². The van der Waals surface area contributed by atoms with E-state index in [0.717, 1.165) is 12.1 Å². The Bertz CT molecular complexity index is 1720. The van der Waals surface area contributed by atoms with E-state index in [1.807, 2.05) is 0 Å². The molecule has 0 atom stereocenters. The molecular formula is C26H19Cl2F5N2O4S2. The molecule has 1 amide bonds. The zero-order chi connectivity index (χ0) is 30.1. The van der Waals surface area contributed by atoms with Gasteiger partial charge in [0, 0.05) is 11.6 Å². The van der Waals surface area contributed by atoms with Crippen molar-refractivity contribution in [2.75, 3.05) is 4.72 Å². The first-order valence-corrected chi connectivity index (χ1v) is 15.6. The molecule has 0 aliphatic carbocycles. The lowest BCUT2D eigenvalue weighted by atomic mass is 10.1. The normalized spacial score (nSPS) is 13.5. The highest BCUT2D eigenvalue weighted by molar-refractivity contribution is 8.45. The fraction of sp³-hybridized carbons (Fsp3) is 0.0385. The largest absolute Gasteiger partial charge is 0.456 e. The van der Waals surface area contributed by atoms with Gasteiger partial charge in [-0.2, -0.15) is 0 Å². The lowest BCUT2D eigenvalue weighted by Crippen LogP contribution is -2.25. The van der Waals surface area contributed by atoms with E-state index in [1.54, 1.807) is 24.3 Å². The molecule has 218 valence electrons. The van der Waals surface area contributed by atoms with Gasteiger partial charge < -0.3 is 10.1 Å². The summed E-state index contributed by atoms with van der Waals surface area (Å²) in [5, 5.41) is 2.86. The zero-order valence-corrected chi connectivity index (χ0v) is 23.6. The van der Waals surface area contributed by atoms with E-state index >= 15 is 0 Å². The van der Waals surface area contributed by atoms with Gasteiger partial charge in [-0.3, -0.25) is 9.52 Å². The van der Waals surface area contributed by atoms with E-state index < -0.39 is 31.0 Å². The molecule has 4 aromatic carbocycles. The number of nitrogens with one attached hydrogen (secondary N) is 2. The van der Waals surface area contributed by atoms with Crippen LogP contribution in [0.2, 0.25) is 10.0 Å². The maximum Gasteiger partial charge on any atom is 0.310 e. The molecule has 2 N–H and O–H groups in total. The Labute approximate surface area is 241 Å². The third-order valence-corrected chi connectivity index (χ3v) is 8.58. The number of amides is 1. The molecule has 0 heterocycles. The number of rotatable bonds is 9. The summed E-state index contributed by atoms with van der Waals surface area (Å²) >= 11 is 12.1. The summed E-state index contributed by atoms with van der Waals surface area (Å²) in [5.74, 6) is -0.141. The minimum Gasteiger partial charge on any atom is -0.456 e. The van der Waals surface area contributed by atoms with Gasteiger partial charge in [-0.1, -0.05) is 66.9 Å². The second-order valence-corrected chi connectivity index (χ2v) is 13.5. The van der Waals surface area contributed by atoms with Crippen molar-refractivity contribution in [1.82, 2.24) is 5.32 Å². The lowest BCUT2D eigenvalue weighted by molar-refractivity contribution is 0.0951. The molecule has 6 nitrogen and oxygen atoms in total. The van der Waals surface area contributed by atoms with Crippen LogP contribution in [0.15, 0.2) is 101 Å². The van der Waals surface area contributed by atoms with Crippen molar-refractivity contribution in [2.24, 2.45) is 0 Å². The van der Waals surface area contributed by atoms with Gasteiger partial charge in [0.15, 0.2) is 0 Å². The van der Waals surface area contributed by atoms with Crippen molar-refractivity contribution in [3.8, 4) is 11.5 Å². The smallest absolute Gasteiger partial charge is 0.310 e. The molecule has 0 aliphatic heterocycles. The molecule has 0 saturated carbocycles. The van der Waals surface area contributed by atoms with Gasteiger partial charge >= 0.3 is 10.2 Å². The molecule has 0 spiro atoms. The standard InChI is InChI=1S/C26H19Cl2F5N2O4S2/c27-18-7-14-24(22(15-18)26(36)34-16-17-5-12-21(13-6-17)41(29,30,31,32)33)35-40(37,38)20-10-8-19(9-11-20)39-25-4-2-1-3-23(25)28/h1-15,35H,16H2,(H,34,36). The molecule has 0 unspecified atom stereocenters. The van der Waals surface area contributed by atoms with E-state index in [9.17, 15) is 32.6 Å². The Morgan fingerprint density at radius 1 is 0.829 bits per heavy atom. The third-order valence-electron chi connectivity index (χ3n) is 5.49. The van der Waals surface area contributed by atoms with Crippen molar-refractivity contribution in [1.29, 1.82) is 0 Å². The Hall–Kier alpha value is -3.52. The van der Waals surface area contributed by atoms with Crippen molar-refractivity contribution in [2.45, 2.75) is 16.3 Å². The van der Waals surface area contributed by atoms with Crippen LogP contribution in [0, 0.1) is 0 Å². The van der Waals surface area contributed by atoms with Crippen LogP contribution in [0.5, 0.6) is 11.5 Å². The first-order chi connectivity index (χ1) is 18.9. The summed E-state index contributed by atoms with van der Waals surface area (Å²) < 4.78 is 98.7. The molecule has 0 fully saturated rings. The second-order valence-electron chi connectivity index (χ2n) is 8.59. The third kappa shape index (κ3) is 7.82. The van der Waals surface area contributed by atoms with Crippen LogP contribution in [0.4, 0.5) is 25.1 Å². The van der Waals surface area contributed by atoms with Crippen molar-refractivity contribution in [3.63, 3.8) is 0 Å². The number of sulfonamides is 1. The first kappa shape index (κ1) is 30.4. The van der Waals surface area contributed by atoms with Gasteiger partial charge in [-0.15, -0.1) is 0 Å². The summed E-state index contributed by atoms with van der Waals surface area (Å²) in [6, 6.07) is 17.9. The molecular weight excluding hydrogens is 634 g/mol. The summed E-state index contributed by atoms with van der Waals surface area (Å²) in [5.41, 5.74) is -0.241. The van der Waals surface area contributed by atoms with Crippen LogP contribution >= 0.6 is 33.4 Å². The molecule has 15 heteroatoms. The number of carbonyl (C=O) groups is 1. The molecule has 0 radical (unpaired) electrons. The Morgan fingerprint density at radius 3 is 2.07 bits per heavy atom. The highest BCUT2D eigenvalue weighted by Gasteiger charge is 2.65. The Kier molecular flexibility index (Phi) is 7.71. The number of anilines is 1. The average Bonchev–Trinajstić information content (AvgIpc) is 2.89. The second kappa shape index (κ2) is 10.4. The summed E-state index contributed by atoms with van der Waals surface area (Å²) in [4.78, 5) is 10.6. The van der Waals surface area contributed by atoms with Crippen LogP contribution in [-0.2, 0) is 16.6 Å². The summed E-state index contributed by atoms with van der Waals surface area (Å²) in [6.45, 7) is -0.342. The van der Waals surface area contributed by atoms with Crippen molar-refractivity contribution in [3.05, 3.63) is 112 Å². The number of para-hydroxylation sites is 1. The van der Waals surface area contributed by atoms with Gasteiger partial charge in [0.2, 0.25) is 0 Å². The first-order valence-electron chi connectivity index (χ1n) is 11.4. The van der Waals surface area contributed by atoms with Crippen LogP contribution in [-0.4, -0.2) is 14.3 Å². The molecule has 0 aromatic heterocycles. The summed E-state index contributed by atoms with van der Waals surface area (Å²) in [6.07, 6.45) is 0. The fourth-order valence-corrected chi connectivity index (χ4v) is 5.56. The molecule has 4 rings (SSSR count). The molecule has 41 heavy (non-hydrogen) atoms. The van der Waals surface area contributed by atoms with E-state index in [0.29, 0.717) is 16.5 Å². The van der Waals surface area contributed by atoms with E-state index in [4.69, 9.17) is 27.9 Å². The van der Waals surface area contributed by atoms with Gasteiger partial charge in [0.25, 0.3) is 15.9 Å². The maximum atomic E-state index is 13.0. The number of carbonyl (C=O) groups excluding carboxylic acids is 1. The van der Waals surface area contributed by atoms with Crippen molar-refractivity contribution < 1.29 is 37.4 Å². The molecule has 0 aliphatic rings. The number of hydrogen-bond acceptors (Lipinski definition) is 4. The minimum absolute atomic E-state index is 0.0900. The Balaban J connectivity index is 1.48. The predicted octanol–water partition coefficient (Wildman–Crippen LogP) is 9.17. The molecule has 0 bridgehead atoms. The Morgan fingerprint density at radius 2 is 1.46 bits per heavy atom. The molecule has 0 saturated heterocycles. The van der Waals surface area contributed by atoms with Gasteiger partial charge in [-0.05, 0) is 72.3 Å². The van der Waals surface area contributed by atoms with E-state index in [2.05, 4.69) is 10.0 Å². The van der Waals surface area contributed by atoms with Gasteiger partial charge in [-0.25, -0.2) is 8.42 Å². The van der Waals surface area contributed by atoms with Crippen LogP contribution in [0.1, 0.15) is 15.9 Å². The highest BCUT2D eigenvalue weighted by Crippen LogP contribution is 3.02.